The first-order valence-electron chi connectivity index (χ1n) is 12.8. The fourth-order valence-electron chi connectivity index (χ4n) is 5.20. The summed E-state index contributed by atoms with van der Waals surface area (Å²) < 4.78 is 31.1. The van der Waals surface area contributed by atoms with Crippen LogP contribution in [-0.4, -0.2) is 58.2 Å². The maximum atomic E-state index is 15.6. The van der Waals surface area contributed by atoms with Crippen molar-refractivity contribution in [2.45, 2.75) is 75.8 Å². The van der Waals surface area contributed by atoms with E-state index in [0.29, 0.717) is 0 Å². The van der Waals surface area contributed by atoms with Gasteiger partial charge in [0.15, 0.2) is 0 Å². The van der Waals surface area contributed by atoms with Crippen molar-refractivity contribution in [2.75, 3.05) is 13.2 Å². The van der Waals surface area contributed by atoms with Crippen LogP contribution in [0.5, 0.6) is 0 Å². The van der Waals surface area contributed by atoms with Crippen LogP contribution in [0.4, 0.5) is 8.78 Å². The molecule has 0 aliphatic carbocycles. The maximum Gasteiger partial charge on any atom is 0.237 e. The summed E-state index contributed by atoms with van der Waals surface area (Å²) in [5.41, 5.74) is 3.41. The van der Waals surface area contributed by atoms with Crippen molar-refractivity contribution in [1.29, 1.82) is 0 Å². The Morgan fingerprint density at radius 1 is 1.21 bits per heavy atom. The lowest BCUT2D eigenvalue weighted by Crippen LogP contribution is -2.53. The molecule has 0 spiro atoms. The zero-order valence-electron chi connectivity index (χ0n) is 22.4. The molecule has 1 fully saturated rings. The first-order valence-corrected chi connectivity index (χ1v) is 13.5. The SMILES string of the molecule is CC(C)(CO)CC1NC(C(=O)NCCC(O)C(C)(C)O)C(c2cccc(Cl)c2F)C1(N)c1ccc(Cl)cc1F. The molecule has 1 heterocycles. The Hall–Kier alpha value is -1.85. The number of hydrogen-bond acceptors (Lipinski definition) is 6. The average Bonchev–Trinajstić information content (AvgIpc) is 3.12. The number of hydrogen-bond donors (Lipinski definition) is 6. The molecule has 1 aliphatic rings. The van der Waals surface area contributed by atoms with Gasteiger partial charge >= 0.3 is 0 Å². The van der Waals surface area contributed by atoms with Gasteiger partial charge in [-0.15, -0.1) is 0 Å². The molecule has 1 saturated heterocycles. The fraction of sp³-hybridized carbons (Fsp3) is 0.536. The van der Waals surface area contributed by atoms with Crippen molar-refractivity contribution in [2.24, 2.45) is 11.1 Å². The van der Waals surface area contributed by atoms with Gasteiger partial charge in [-0.25, -0.2) is 8.78 Å². The number of aliphatic hydroxyl groups is 3. The molecule has 2 aromatic carbocycles. The van der Waals surface area contributed by atoms with Crippen molar-refractivity contribution in [3.05, 3.63) is 69.2 Å². The van der Waals surface area contributed by atoms with Gasteiger partial charge in [0.1, 0.15) is 11.6 Å². The van der Waals surface area contributed by atoms with Gasteiger partial charge in [-0.3, -0.25) is 4.79 Å². The molecule has 5 atom stereocenters. The number of rotatable bonds is 10. The largest absolute Gasteiger partial charge is 0.396 e. The number of nitrogens with two attached hydrogens (primary N) is 1. The number of carbonyl (C=O) groups is 1. The van der Waals surface area contributed by atoms with E-state index in [1.807, 2.05) is 0 Å². The Morgan fingerprint density at radius 3 is 2.46 bits per heavy atom. The molecule has 0 radical (unpaired) electrons. The average molecular weight is 589 g/mol. The first-order chi connectivity index (χ1) is 18.0. The third-order valence-corrected chi connectivity index (χ3v) is 8.05. The number of benzene rings is 2. The van der Waals surface area contributed by atoms with Gasteiger partial charge in [-0.1, -0.05) is 55.2 Å². The molecular weight excluding hydrogens is 551 g/mol. The summed E-state index contributed by atoms with van der Waals surface area (Å²) in [6, 6.07) is 6.42. The van der Waals surface area contributed by atoms with Gasteiger partial charge in [0.25, 0.3) is 0 Å². The summed E-state index contributed by atoms with van der Waals surface area (Å²) in [6.45, 7) is 6.29. The Balaban J connectivity index is 2.14. The van der Waals surface area contributed by atoms with Crippen LogP contribution >= 0.6 is 23.2 Å². The van der Waals surface area contributed by atoms with E-state index in [0.717, 1.165) is 6.07 Å². The summed E-state index contributed by atoms with van der Waals surface area (Å²) in [6.07, 6.45) is -0.842. The van der Waals surface area contributed by atoms with E-state index < -0.39 is 58.2 Å². The lowest BCUT2D eigenvalue weighted by molar-refractivity contribution is -0.123. The smallest absolute Gasteiger partial charge is 0.237 e. The summed E-state index contributed by atoms with van der Waals surface area (Å²) in [7, 11) is 0. The van der Waals surface area contributed by atoms with Crippen LogP contribution < -0.4 is 16.4 Å². The summed E-state index contributed by atoms with van der Waals surface area (Å²) in [5, 5.41) is 36.1. The topological polar surface area (TPSA) is 128 Å². The van der Waals surface area contributed by atoms with Crippen LogP contribution in [0.1, 0.15) is 57.6 Å². The second-order valence-corrected chi connectivity index (χ2v) is 12.5. The van der Waals surface area contributed by atoms with E-state index in [1.165, 1.54) is 44.2 Å². The maximum absolute atomic E-state index is 15.6. The van der Waals surface area contributed by atoms with Crippen LogP contribution in [0.15, 0.2) is 36.4 Å². The van der Waals surface area contributed by atoms with Crippen LogP contribution in [0.3, 0.4) is 0 Å². The highest BCUT2D eigenvalue weighted by molar-refractivity contribution is 6.31. The van der Waals surface area contributed by atoms with Gasteiger partial charge in [0.2, 0.25) is 5.91 Å². The van der Waals surface area contributed by atoms with Gasteiger partial charge < -0.3 is 31.7 Å². The van der Waals surface area contributed by atoms with E-state index >= 15 is 8.78 Å². The minimum absolute atomic E-state index is 0.00654. The van der Waals surface area contributed by atoms with Crippen molar-refractivity contribution in [1.82, 2.24) is 10.6 Å². The van der Waals surface area contributed by atoms with E-state index in [4.69, 9.17) is 28.9 Å². The van der Waals surface area contributed by atoms with Gasteiger partial charge in [0.05, 0.1) is 28.3 Å². The number of aliphatic hydroxyl groups excluding tert-OH is 2. The third kappa shape index (κ3) is 6.73. The van der Waals surface area contributed by atoms with Crippen LogP contribution in [0.25, 0.3) is 0 Å². The van der Waals surface area contributed by atoms with Crippen LogP contribution in [-0.2, 0) is 10.3 Å². The number of carbonyl (C=O) groups excluding carboxylic acids is 1. The Morgan fingerprint density at radius 2 is 1.87 bits per heavy atom. The molecule has 39 heavy (non-hydrogen) atoms. The zero-order valence-corrected chi connectivity index (χ0v) is 24.0. The second-order valence-electron chi connectivity index (χ2n) is 11.7. The van der Waals surface area contributed by atoms with E-state index in [1.54, 1.807) is 13.8 Å². The van der Waals surface area contributed by atoms with E-state index in [2.05, 4.69) is 10.6 Å². The molecule has 7 nitrogen and oxygen atoms in total. The highest BCUT2D eigenvalue weighted by Crippen LogP contribution is 2.49. The third-order valence-electron chi connectivity index (χ3n) is 7.52. The fourth-order valence-corrected chi connectivity index (χ4v) is 5.54. The van der Waals surface area contributed by atoms with Crippen LogP contribution in [0, 0.1) is 17.0 Å². The normalized spacial score (nSPS) is 24.6. The molecule has 1 amide bonds. The predicted octanol–water partition coefficient (Wildman–Crippen LogP) is 3.60. The predicted molar refractivity (Wildman–Crippen MR) is 148 cm³/mol. The lowest BCUT2D eigenvalue weighted by atomic mass is 9.68. The first kappa shape index (κ1) is 31.7. The number of nitrogens with one attached hydrogen (secondary N) is 2. The van der Waals surface area contributed by atoms with Crippen molar-refractivity contribution < 1.29 is 28.9 Å². The summed E-state index contributed by atoms with van der Waals surface area (Å²) in [5.74, 6) is -3.20. The highest BCUT2D eigenvalue weighted by atomic mass is 35.5. The Kier molecular flexibility index (Phi) is 9.70. The monoisotopic (exact) mass is 587 g/mol. The molecule has 1 aliphatic heterocycles. The van der Waals surface area contributed by atoms with E-state index in [-0.39, 0.29) is 47.2 Å². The van der Waals surface area contributed by atoms with Crippen LogP contribution in [0.2, 0.25) is 10.0 Å². The van der Waals surface area contributed by atoms with Crippen molar-refractivity contribution in [3.8, 4) is 0 Å². The molecule has 7 N–H and O–H groups in total. The summed E-state index contributed by atoms with van der Waals surface area (Å²) >= 11 is 12.1. The molecule has 0 saturated carbocycles. The lowest BCUT2D eigenvalue weighted by Gasteiger charge is -2.40. The minimum atomic E-state index is -1.68. The van der Waals surface area contributed by atoms with Crippen molar-refractivity contribution >= 4 is 29.1 Å². The molecular formula is C28H37Cl2F2N3O4. The van der Waals surface area contributed by atoms with E-state index in [9.17, 15) is 20.1 Å². The minimum Gasteiger partial charge on any atom is -0.396 e. The highest BCUT2D eigenvalue weighted by Gasteiger charge is 2.58. The molecule has 3 rings (SSSR count). The molecule has 11 heteroatoms. The zero-order chi connectivity index (χ0) is 29.3. The molecule has 0 aromatic heterocycles. The Bertz CT molecular complexity index is 1190. The number of halogens is 4. The van der Waals surface area contributed by atoms with Crippen molar-refractivity contribution in [3.63, 3.8) is 0 Å². The molecule has 216 valence electrons. The van der Waals surface area contributed by atoms with Gasteiger partial charge in [-0.05, 0) is 55.9 Å². The molecule has 2 aromatic rings. The molecule has 0 bridgehead atoms. The number of amides is 1. The summed E-state index contributed by atoms with van der Waals surface area (Å²) in [4.78, 5) is 13.6. The Labute approximate surface area is 237 Å². The van der Waals surface area contributed by atoms with Gasteiger partial charge in [-0.2, -0.15) is 0 Å². The standard InChI is InChI=1S/C28H37Cl2F2N3O4/c1-26(2,14-36)13-20-28(33,17-9-8-15(29)12-19(17)31)22(16-6-5-7-18(30)23(16)32)24(35-20)25(38)34-11-10-21(37)27(3,4)39/h5-9,12,20-22,24,35-37,39H,10-11,13-14,33H2,1-4H3,(H,34,38). The van der Waals surface area contributed by atoms with Gasteiger partial charge in [0, 0.05) is 35.7 Å². The second kappa shape index (κ2) is 11.9. The quantitative estimate of drug-likeness (QED) is 0.252. The molecule has 5 unspecified atom stereocenters.